The van der Waals surface area contributed by atoms with Crippen molar-refractivity contribution in [3.05, 3.63) is 22.7 Å². The molecule has 5 nitrogen and oxygen atoms in total. The van der Waals surface area contributed by atoms with Gasteiger partial charge in [0.25, 0.3) is 0 Å². The Balaban J connectivity index is 2.86. The Morgan fingerprint density at radius 3 is 2.67 bits per heavy atom. The van der Waals surface area contributed by atoms with Crippen molar-refractivity contribution in [3.63, 3.8) is 0 Å². The van der Waals surface area contributed by atoms with Crippen LogP contribution in [0.15, 0.2) is 12.1 Å². The third-order valence-corrected chi connectivity index (χ3v) is 3.31. The summed E-state index contributed by atoms with van der Waals surface area (Å²) in [6.45, 7) is 5.14. The average molecular weight is 316 g/mol. The lowest BCUT2D eigenvalue weighted by Crippen LogP contribution is -2.28. The molecular weight excluding hydrogens is 294 g/mol. The molecule has 0 aliphatic rings. The summed E-state index contributed by atoms with van der Waals surface area (Å²) in [5.41, 5.74) is 0.948. The average Bonchev–Trinajstić information content (AvgIpc) is 2.38. The van der Waals surface area contributed by atoms with Crippen LogP contribution < -0.4 is 9.47 Å². The van der Waals surface area contributed by atoms with Crippen molar-refractivity contribution < 1.29 is 19.4 Å². The van der Waals surface area contributed by atoms with Gasteiger partial charge in [-0.3, -0.25) is 4.79 Å². The predicted molar refractivity (Wildman–Crippen MR) is 82.3 cm³/mol. The van der Waals surface area contributed by atoms with Gasteiger partial charge >= 0.3 is 5.97 Å². The number of carboxylic acids is 1. The number of hydrogen-bond donors (Lipinski definition) is 1. The number of benzene rings is 1. The fourth-order valence-corrected chi connectivity index (χ4v) is 2.41. The first-order chi connectivity index (χ1) is 9.88. The first kappa shape index (κ1) is 17.6. The number of carboxylic acid groups (broad SMARTS) is 1. The highest BCUT2D eigenvalue weighted by molar-refractivity contribution is 6.32. The Morgan fingerprint density at radius 2 is 2.14 bits per heavy atom. The maximum Gasteiger partial charge on any atom is 0.307 e. The summed E-state index contributed by atoms with van der Waals surface area (Å²) >= 11 is 6.19. The van der Waals surface area contributed by atoms with Crippen molar-refractivity contribution in [2.75, 3.05) is 27.3 Å². The second-order valence-corrected chi connectivity index (χ2v) is 5.39. The molecular formula is C15H22ClNO4. The fraction of sp³-hybridized carbons (Fsp3) is 0.533. The molecule has 0 saturated carbocycles. The van der Waals surface area contributed by atoms with Crippen molar-refractivity contribution in [1.29, 1.82) is 0 Å². The molecule has 118 valence electrons. The summed E-state index contributed by atoms with van der Waals surface area (Å²) in [7, 11) is 3.42. The van der Waals surface area contributed by atoms with Crippen molar-refractivity contribution in [3.8, 4) is 11.5 Å². The predicted octanol–water partition coefficient (Wildman–Crippen LogP) is 2.90. The normalized spacial score (nSPS) is 12.3. The van der Waals surface area contributed by atoms with Gasteiger partial charge in [0.1, 0.15) is 0 Å². The fourth-order valence-electron chi connectivity index (χ4n) is 2.10. The monoisotopic (exact) mass is 315 g/mol. The molecule has 6 heteroatoms. The Kier molecular flexibility index (Phi) is 6.78. The van der Waals surface area contributed by atoms with Crippen molar-refractivity contribution in [2.24, 2.45) is 5.92 Å². The minimum Gasteiger partial charge on any atom is -0.491 e. The highest BCUT2D eigenvalue weighted by atomic mass is 35.5. The van der Waals surface area contributed by atoms with Gasteiger partial charge in [-0.2, -0.15) is 0 Å². The largest absolute Gasteiger partial charge is 0.491 e. The van der Waals surface area contributed by atoms with E-state index >= 15 is 0 Å². The number of carbonyl (C=O) groups is 1. The van der Waals surface area contributed by atoms with Crippen LogP contribution in [0.2, 0.25) is 5.02 Å². The van der Waals surface area contributed by atoms with Gasteiger partial charge in [-0.25, -0.2) is 0 Å². The molecule has 0 aliphatic carbocycles. The summed E-state index contributed by atoms with van der Waals surface area (Å²) in [5, 5.41) is 9.42. The van der Waals surface area contributed by atoms with Crippen molar-refractivity contribution in [2.45, 2.75) is 20.4 Å². The zero-order chi connectivity index (χ0) is 16.0. The molecule has 1 aromatic carbocycles. The second-order valence-electron chi connectivity index (χ2n) is 4.98. The lowest BCUT2D eigenvalue weighted by atomic mass is 10.1. The van der Waals surface area contributed by atoms with Crippen LogP contribution in [0.4, 0.5) is 0 Å². The molecule has 1 N–H and O–H groups in total. The molecule has 0 saturated heterocycles. The molecule has 0 aliphatic heterocycles. The van der Waals surface area contributed by atoms with Crippen LogP contribution in [-0.4, -0.2) is 43.3 Å². The Labute approximate surface area is 130 Å². The molecule has 21 heavy (non-hydrogen) atoms. The van der Waals surface area contributed by atoms with E-state index < -0.39 is 11.9 Å². The first-order valence-electron chi connectivity index (χ1n) is 6.79. The van der Waals surface area contributed by atoms with Gasteiger partial charge in [-0.1, -0.05) is 18.5 Å². The number of hydrogen-bond acceptors (Lipinski definition) is 4. The second kappa shape index (κ2) is 8.10. The molecule has 0 fully saturated rings. The quantitative estimate of drug-likeness (QED) is 0.799. The third-order valence-electron chi connectivity index (χ3n) is 3.03. The van der Waals surface area contributed by atoms with Crippen molar-refractivity contribution >= 4 is 17.6 Å². The van der Waals surface area contributed by atoms with E-state index in [1.165, 1.54) is 0 Å². The topological polar surface area (TPSA) is 59.0 Å². The molecule has 1 rings (SSSR count). The molecule has 0 aromatic heterocycles. The van der Waals surface area contributed by atoms with Crippen LogP contribution in [0.5, 0.6) is 11.5 Å². The molecule has 0 heterocycles. The number of rotatable bonds is 8. The van der Waals surface area contributed by atoms with Gasteiger partial charge in [-0.05, 0) is 31.7 Å². The number of aliphatic carboxylic acids is 1. The van der Waals surface area contributed by atoms with E-state index in [-0.39, 0.29) is 0 Å². The molecule has 0 bridgehead atoms. The number of halogens is 1. The standard InChI is InChI=1S/C15H22ClNO4/c1-5-21-13-7-11(6-12(16)14(13)20-4)9-17(3)8-10(2)15(18)19/h6-7,10H,5,8-9H2,1-4H3,(H,18,19). The number of nitrogens with zero attached hydrogens (tertiary/aromatic N) is 1. The Hall–Kier alpha value is -1.46. The van der Waals surface area contributed by atoms with Gasteiger partial charge in [0.2, 0.25) is 0 Å². The summed E-state index contributed by atoms with van der Waals surface area (Å²) in [5.74, 6) is -0.106. The van der Waals surface area contributed by atoms with E-state index in [9.17, 15) is 4.79 Å². The smallest absolute Gasteiger partial charge is 0.307 e. The van der Waals surface area contributed by atoms with Crippen LogP contribution in [0.25, 0.3) is 0 Å². The van der Waals surface area contributed by atoms with Gasteiger partial charge < -0.3 is 19.5 Å². The minimum atomic E-state index is -0.801. The maximum atomic E-state index is 10.9. The maximum absolute atomic E-state index is 10.9. The number of ether oxygens (including phenoxy) is 2. The van der Waals surface area contributed by atoms with E-state index in [1.807, 2.05) is 31.0 Å². The highest BCUT2D eigenvalue weighted by Crippen LogP contribution is 2.36. The van der Waals surface area contributed by atoms with Gasteiger partial charge in [0.15, 0.2) is 11.5 Å². The lowest BCUT2D eigenvalue weighted by molar-refractivity contribution is -0.141. The van der Waals surface area contributed by atoms with Crippen LogP contribution in [0, 0.1) is 5.92 Å². The molecule has 1 unspecified atom stereocenters. The van der Waals surface area contributed by atoms with Gasteiger partial charge in [-0.15, -0.1) is 0 Å². The van der Waals surface area contributed by atoms with Crippen LogP contribution in [0.3, 0.4) is 0 Å². The minimum absolute atomic E-state index is 0.421. The van der Waals surface area contributed by atoms with Crippen LogP contribution in [-0.2, 0) is 11.3 Å². The van der Waals surface area contributed by atoms with Gasteiger partial charge in [0.05, 0.1) is 24.7 Å². The van der Waals surface area contributed by atoms with Crippen LogP contribution in [0.1, 0.15) is 19.4 Å². The van der Waals surface area contributed by atoms with E-state index in [0.717, 1.165) is 5.56 Å². The summed E-state index contributed by atoms with van der Waals surface area (Å²) < 4.78 is 10.8. The number of methoxy groups -OCH3 is 1. The van der Waals surface area contributed by atoms with E-state index in [0.29, 0.717) is 36.2 Å². The van der Waals surface area contributed by atoms with Crippen molar-refractivity contribution in [1.82, 2.24) is 4.90 Å². The SMILES string of the molecule is CCOc1cc(CN(C)CC(C)C(=O)O)cc(Cl)c1OC. The Morgan fingerprint density at radius 1 is 1.48 bits per heavy atom. The zero-order valence-electron chi connectivity index (χ0n) is 12.9. The van der Waals surface area contributed by atoms with E-state index in [2.05, 4.69) is 0 Å². The molecule has 0 radical (unpaired) electrons. The molecule has 0 amide bonds. The molecule has 0 spiro atoms. The third kappa shape index (κ3) is 5.10. The van der Waals surface area contributed by atoms with Gasteiger partial charge in [0, 0.05) is 13.1 Å². The summed E-state index contributed by atoms with van der Waals surface area (Å²) in [6.07, 6.45) is 0. The lowest BCUT2D eigenvalue weighted by Gasteiger charge is -2.20. The molecule has 1 aromatic rings. The highest BCUT2D eigenvalue weighted by Gasteiger charge is 2.16. The molecule has 1 atom stereocenters. The first-order valence-corrected chi connectivity index (χ1v) is 7.17. The summed E-state index contributed by atoms with van der Waals surface area (Å²) in [6, 6.07) is 3.68. The van der Waals surface area contributed by atoms with Crippen LogP contribution >= 0.6 is 11.6 Å². The van der Waals surface area contributed by atoms with E-state index in [4.69, 9.17) is 26.2 Å². The zero-order valence-corrected chi connectivity index (χ0v) is 13.6. The van der Waals surface area contributed by atoms with E-state index in [1.54, 1.807) is 14.0 Å². The summed E-state index contributed by atoms with van der Waals surface area (Å²) in [4.78, 5) is 12.8. The Bertz CT molecular complexity index is 493.